The molecule has 1 nitrogen and oxygen atoms in total. The first kappa shape index (κ1) is 12.7. The monoisotopic (exact) mass is 221 g/mol. The van der Waals surface area contributed by atoms with Gasteiger partial charge in [-0.1, -0.05) is 18.2 Å². The maximum atomic E-state index is 9.98. The zero-order valence-electron chi connectivity index (χ0n) is 9.94. The predicted molar refractivity (Wildman–Crippen MR) is 70.2 cm³/mol. The van der Waals surface area contributed by atoms with Crippen molar-refractivity contribution in [2.45, 2.75) is 38.7 Å². The van der Waals surface area contributed by atoms with E-state index in [1.54, 1.807) is 6.92 Å². The summed E-state index contributed by atoms with van der Waals surface area (Å²) in [6.07, 6.45) is 0. The van der Waals surface area contributed by atoms with Gasteiger partial charge in [0.15, 0.2) is 5.85 Å². The second kappa shape index (κ2) is 4.27. The van der Waals surface area contributed by atoms with Crippen molar-refractivity contribution in [1.82, 2.24) is 0 Å². The molecule has 0 spiro atoms. The van der Waals surface area contributed by atoms with E-state index < -0.39 is 13.0 Å². The summed E-state index contributed by atoms with van der Waals surface area (Å²) in [4.78, 5) is 0. The van der Waals surface area contributed by atoms with E-state index in [1.807, 2.05) is 30.3 Å². The molecule has 0 heterocycles. The summed E-state index contributed by atoms with van der Waals surface area (Å²) in [7, 11) is 4.48. The molecule has 0 saturated carbocycles. The van der Waals surface area contributed by atoms with E-state index in [-0.39, 0.29) is 5.16 Å². The number of aliphatic hydroxyl groups excluding tert-OH is 1. The van der Waals surface area contributed by atoms with Crippen LogP contribution in [0.25, 0.3) is 0 Å². The summed E-state index contributed by atoms with van der Waals surface area (Å²) in [5.74, 6) is -0.472. The Labute approximate surface area is 94.6 Å². The minimum Gasteiger partial charge on any atom is -0.361 e. The summed E-state index contributed by atoms with van der Waals surface area (Å²) in [6, 6.07) is 9.96. The smallest absolute Gasteiger partial charge is 0.361 e. The average Bonchev–Trinajstić information content (AvgIpc) is 2.16. The molecule has 0 fully saturated rings. The van der Waals surface area contributed by atoms with Crippen LogP contribution in [0.3, 0.4) is 0 Å². The van der Waals surface area contributed by atoms with Gasteiger partial charge in [0.05, 0.1) is 10.5 Å². The molecule has 15 heavy (non-hydrogen) atoms. The minimum absolute atomic E-state index is 0.0808. The second-order valence-corrected chi connectivity index (χ2v) is 9.08. The molecule has 3 heteroatoms. The van der Waals surface area contributed by atoms with Crippen molar-refractivity contribution < 1.29 is 5.11 Å². The molecule has 0 amide bonds. The van der Waals surface area contributed by atoms with Crippen LogP contribution in [0.5, 0.6) is 0 Å². The van der Waals surface area contributed by atoms with Crippen molar-refractivity contribution in [1.29, 1.82) is 0 Å². The van der Waals surface area contributed by atoms with Gasteiger partial charge in [-0.2, -0.15) is 0 Å². The molecule has 1 rings (SSSR count). The highest BCUT2D eigenvalue weighted by Gasteiger charge is 2.50. The van der Waals surface area contributed by atoms with Gasteiger partial charge in [-0.05, 0) is 39.8 Å². The molecule has 0 aliphatic carbocycles. The van der Waals surface area contributed by atoms with E-state index in [0.717, 1.165) is 5.30 Å². The van der Waals surface area contributed by atoms with Crippen LogP contribution in [0, 0.1) is 0 Å². The van der Waals surface area contributed by atoms with Gasteiger partial charge < -0.3 is 5.11 Å². The van der Waals surface area contributed by atoms with E-state index in [0.29, 0.717) is 0 Å². The van der Waals surface area contributed by atoms with Gasteiger partial charge in [-0.25, -0.2) is 0 Å². The van der Waals surface area contributed by atoms with Crippen molar-refractivity contribution >= 4 is 20.0 Å². The van der Waals surface area contributed by atoms with Crippen LogP contribution in [0.1, 0.15) is 27.7 Å². The van der Waals surface area contributed by atoms with E-state index in [1.165, 1.54) is 0 Å². The van der Waals surface area contributed by atoms with Crippen molar-refractivity contribution in [3.8, 4) is 0 Å². The Morgan fingerprint density at radius 2 is 1.67 bits per heavy atom. The fourth-order valence-electron chi connectivity index (χ4n) is 1.84. The van der Waals surface area contributed by atoms with Gasteiger partial charge in [-0.15, -0.1) is 0 Å². The van der Waals surface area contributed by atoms with E-state index in [2.05, 4.69) is 20.8 Å². The van der Waals surface area contributed by atoms with Gasteiger partial charge in [0.2, 0.25) is 0 Å². The van der Waals surface area contributed by atoms with Gasteiger partial charge in [0, 0.05) is 7.14 Å². The first-order chi connectivity index (χ1) is 6.80. The molecule has 1 unspecified atom stereocenters. The van der Waals surface area contributed by atoms with E-state index in [9.17, 15) is 5.11 Å². The molecule has 0 aliphatic heterocycles. The van der Waals surface area contributed by atoms with Crippen LogP contribution in [-0.2, 0) is 0 Å². The number of rotatable bonds is 2. The third-order valence-corrected chi connectivity index (χ3v) is 7.43. The zero-order valence-corrected chi connectivity index (χ0v) is 10.8. The molecule has 2 radical (unpaired) electrons. The molecule has 1 aromatic carbocycles. The molecule has 1 aromatic rings. The van der Waals surface area contributed by atoms with Crippen LogP contribution < -0.4 is 5.30 Å². The van der Waals surface area contributed by atoms with Crippen LogP contribution in [0.15, 0.2) is 30.3 Å². The van der Waals surface area contributed by atoms with Crippen molar-refractivity contribution in [2.24, 2.45) is 0 Å². The van der Waals surface area contributed by atoms with Crippen molar-refractivity contribution in [3.05, 3.63) is 30.3 Å². The Hall–Kier alpha value is -0.325. The van der Waals surface area contributed by atoms with Crippen LogP contribution >= 0.6 is 7.14 Å². The van der Waals surface area contributed by atoms with E-state index in [4.69, 9.17) is 7.57 Å². The zero-order chi connectivity index (χ0) is 11.7. The fourth-order valence-corrected chi connectivity index (χ4v) is 4.83. The number of benzene rings is 1. The average molecular weight is 221 g/mol. The normalized spacial score (nSPS) is 18.2. The summed E-state index contributed by atoms with van der Waals surface area (Å²) in [6.45, 7) is 8.09. The van der Waals surface area contributed by atoms with Crippen LogP contribution in [-0.4, -0.2) is 23.7 Å². The number of hydrogen-bond donors (Lipinski definition) is 1. The maximum absolute atomic E-state index is 9.98. The number of hydrogen-bond acceptors (Lipinski definition) is 1. The second-order valence-electron chi connectivity index (χ2n) is 4.92. The van der Waals surface area contributed by atoms with E-state index >= 15 is 0 Å². The topological polar surface area (TPSA) is 20.2 Å². The Bertz CT molecular complexity index is 318. The van der Waals surface area contributed by atoms with Gasteiger partial charge in [-0.3, -0.25) is 0 Å². The first-order valence-electron chi connectivity index (χ1n) is 5.21. The minimum atomic E-state index is -2.02. The fraction of sp³-hybridized carbons (Fsp3) is 0.500. The Morgan fingerprint density at radius 1 is 1.20 bits per heavy atom. The number of aliphatic hydroxyl groups is 1. The molecular formula is C12H19BOP+. The lowest BCUT2D eigenvalue weighted by Gasteiger charge is -2.38. The third kappa shape index (κ3) is 2.27. The lowest BCUT2D eigenvalue weighted by Crippen LogP contribution is -2.35. The van der Waals surface area contributed by atoms with Gasteiger partial charge >= 0.3 is 7.57 Å². The molecule has 0 saturated heterocycles. The largest absolute Gasteiger partial charge is 0.374 e. The van der Waals surface area contributed by atoms with Gasteiger partial charge in [0.25, 0.3) is 0 Å². The molecular weight excluding hydrogens is 202 g/mol. The lowest BCUT2D eigenvalue weighted by molar-refractivity contribution is 0.274. The summed E-state index contributed by atoms with van der Waals surface area (Å²) < 4.78 is 0. The maximum Gasteiger partial charge on any atom is 0.374 e. The highest BCUT2D eigenvalue weighted by Crippen LogP contribution is 2.66. The van der Waals surface area contributed by atoms with Crippen LogP contribution in [0.4, 0.5) is 0 Å². The predicted octanol–water partition coefficient (Wildman–Crippen LogP) is 2.55. The van der Waals surface area contributed by atoms with Crippen molar-refractivity contribution in [3.63, 3.8) is 0 Å². The lowest BCUT2D eigenvalue weighted by atomic mass is 10.2. The SMILES string of the molecule is [B][P+](c1ccccc1)([C@H](C)O)C(C)(C)C. The molecule has 1 N–H and O–H groups in total. The Morgan fingerprint density at radius 3 is 2.00 bits per heavy atom. The molecule has 0 aromatic heterocycles. The van der Waals surface area contributed by atoms with Crippen LogP contribution in [0.2, 0.25) is 0 Å². The third-order valence-electron chi connectivity index (χ3n) is 2.88. The Balaban J connectivity index is 3.26. The summed E-state index contributed by atoms with van der Waals surface area (Å²) >= 11 is 0. The quantitative estimate of drug-likeness (QED) is 0.601. The highest BCUT2D eigenvalue weighted by molar-refractivity contribution is 8.04. The van der Waals surface area contributed by atoms with Crippen molar-refractivity contribution in [2.75, 3.05) is 0 Å². The molecule has 80 valence electrons. The molecule has 2 atom stereocenters. The first-order valence-corrected chi connectivity index (χ1v) is 7.14. The standard InChI is InChI=1S/C12H19BOP/c1-10(14)15(13,12(2,3)4)11-8-6-5-7-9-11/h5-10,14H,1-4H3/q+1/t10-,15?/m1/s1. The highest BCUT2D eigenvalue weighted by atomic mass is 31.2. The molecule has 0 aliphatic rings. The molecule has 0 bridgehead atoms. The summed E-state index contributed by atoms with van der Waals surface area (Å²) in [5.41, 5.74) is 0. The summed E-state index contributed by atoms with van der Waals surface area (Å²) in [5, 5.41) is 11.0. The Kier molecular flexibility index (Phi) is 3.63. The van der Waals surface area contributed by atoms with Gasteiger partial charge in [0.1, 0.15) is 0 Å².